The maximum absolute atomic E-state index is 11.6. The van der Waals surface area contributed by atoms with Crippen molar-refractivity contribution < 1.29 is 14.5 Å². The molecule has 0 saturated heterocycles. The normalized spacial score (nSPS) is 16.4. The molecule has 0 radical (unpaired) electrons. The molecule has 3 rings (SSSR count). The van der Waals surface area contributed by atoms with Crippen LogP contribution in [0.15, 0.2) is 10.5 Å². The lowest BCUT2D eigenvalue weighted by molar-refractivity contribution is -0.384. The Bertz CT molecular complexity index is 831. The number of nitrogens with zero attached hydrogens (tertiary/aromatic N) is 3. The average Bonchev–Trinajstić information content (AvgIpc) is 3.04. The number of aryl methyl sites for hydroxylation is 2. The number of rotatable bonds is 5. The molecule has 0 amide bonds. The summed E-state index contributed by atoms with van der Waals surface area (Å²) in [5, 5.41) is 11.6. The molecule has 1 aromatic heterocycles. The number of carbonyl (C=O) groups is 1. The Morgan fingerprint density at radius 2 is 2.33 bits per heavy atom. The SMILES string of the molecule is CCCCc1cc2c(nc3n2CCC3OC(C)=O)c([N+](=O)[O-])c1Br. The van der Waals surface area contributed by atoms with Crippen molar-refractivity contribution in [2.45, 2.75) is 52.2 Å². The smallest absolute Gasteiger partial charge is 0.311 e. The van der Waals surface area contributed by atoms with Gasteiger partial charge in [0.15, 0.2) is 17.4 Å². The van der Waals surface area contributed by atoms with Crippen LogP contribution in [0.3, 0.4) is 0 Å². The molecule has 2 aromatic rings. The summed E-state index contributed by atoms with van der Waals surface area (Å²) < 4.78 is 7.71. The zero-order chi connectivity index (χ0) is 17.4. The van der Waals surface area contributed by atoms with Gasteiger partial charge in [0.1, 0.15) is 4.47 Å². The molecule has 0 fully saturated rings. The fourth-order valence-corrected chi connectivity index (χ4v) is 3.82. The number of fused-ring (bicyclic) bond motifs is 3. The first kappa shape index (κ1) is 16.9. The summed E-state index contributed by atoms with van der Waals surface area (Å²) in [6, 6.07) is 1.97. The second kappa shape index (κ2) is 6.51. The van der Waals surface area contributed by atoms with Crippen LogP contribution >= 0.6 is 15.9 Å². The fraction of sp³-hybridized carbons (Fsp3) is 0.500. The quantitative estimate of drug-likeness (QED) is 0.432. The first-order valence-corrected chi connectivity index (χ1v) is 8.76. The van der Waals surface area contributed by atoms with E-state index < -0.39 is 11.0 Å². The highest BCUT2D eigenvalue weighted by atomic mass is 79.9. The van der Waals surface area contributed by atoms with Gasteiger partial charge < -0.3 is 9.30 Å². The predicted octanol–water partition coefficient (Wildman–Crippen LogP) is 4.06. The average molecular weight is 396 g/mol. The number of hydrogen-bond donors (Lipinski definition) is 0. The van der Waals surface area contributed by atoms with Gasteiger partial charge in [0, 0.05) is 19.9 Å². The van der Waals surface area contributed by atoms with Gasteiger partial charge in [0.05, 0.1) is 10.4 Å². The number of nitro benzene ring substituents is 1. The van der Waals surface area contributed by atoms with Gasteiger partial charge in [-0.1, -0.05) is 13.3 Å². The first-order valence-electron chi connectivity index (χ1n) is 7.97. The lowest BCUT2D eigenvalue weighted by atomic mass is 10.1. The maximum atomic E-state index is 11.6. The van der Waals surface area contributed by atoms with Gasteiger partial charge in [-0.25, -0.2) is 4.98 Å². The van der Waals surface area contributed by atoms with Gasteiger partial charge in [0.2, 0.25) is 0 Å². The van der Waals surface area contributed by atoms with Gasteiger partial charge in [-0.3, -0.25) is 14.9 Å². The van der Waals surface area contributed by atoms with Gasteiger partial charge in [0.25, 0.3) is 0 Å². The Morgan fingerprint density at radius 1 is 1.58 bits per heavy atom. The van der Waals surface area contributed by atoms with E-state index >= 15 is 0 Å². The largest absolute Gasteiger partial charge is 0.454 e. The third-order valence-electron chi connectivity index (χ3n) is 4.25. The zero-order valence-corrected chi connectivity index (χ0v) is 15.1. The van der Waals surface area contributed by atoms with Crippen LogP contribution in [0.5, 0.6) is 0 Å². The topological polar surface area (TPSA) is 87.3 Å². The van der Waals surface area contributed by atoms with Crippen LogP contribution < -0.4 is 0 Å². The Balaban J connectivity index is 2.18. The number of nitro groups is 1. The lowest BCUT2D eigenvalue weighted by Crippen LogP contribution is -2.06. The van der Waals surface area contributed by atoms with Crippen LogP contribution in [0.1, 0.15) is 50.6 Å². The standard InChI is InChI=1S/C16H18BrN3O4/c1-3-4-5-10-8-11-14(15(13(10)17)20(22)23)18-16-12(24-9(2)21)6-7-19(11)16/h8,12H,3-7H2,1-2H3. The van der Waals surface area contributed by atoms with Crippen molar-refractivity contribution in [3.63, 3.8) is 0 Å². The molecular formula is C16H18BrN3O4. The molecule has 7 nitrogen and oxygen atoms in total. The summed E-state index contributed by atoms with van der Waals surface area (Å²) in [5.41, 5.74) is 1.98. The van der Waals surface area contributed by atoms with E-state index in [4.69, 9.17) is 4.74 Å². The van der Waals surface area contributed by atoms with Crippen LogP contribution in [0.2, 0.25) is 0 Å². The molecule has 128 valence electrons. The monoisotopic (exact) mass is 395 g/mol. The Hall–Kier alpha value is -1.96. The van der Waals surface area contributed by atoms with Crippen LogP contribution in [-0.4, -0.2) is 20.4 Å². The Morgan fingerprint density at radius 3 is 2.96 bits per heavy atom. The molecule has 24 heavy (non-hydrogen) atoms. The minimum absolute atomic E-state index is 0.0120. The van der Waals surface area contributed by atoms with E-state index in [1.54, 1.807) is 0 Å². The van der Waals surface area contributed by atoms with E-state index in [-0.39, 0.29) is 11.7 Å². The number of aromatic nitrogens is 2. The number of carbonyl (C=O) groups excluding carboxylic acids is 1. The van der Waals surface area contributed by atoms with Gasteiger partial charge in [-0.15, -0.1) is 0 Å². The van der Waals surface area contributed by atoms with Crippen LogP contribution in [-0.2, 0) is 22.5 Å². The van der Waals surface area contributed by atoms with E-state index in [0.717, 1.165) is 30.3 Å². The summed E-state index contributed by atoms with van der Waals surface area (Å²) in [5.74, 6) is 0.211. The molecule has 1 unspecified atom stereocenters. The molecule has 1 aliphatic heterocycles. The number of halogens is 1. The fourth-order valence-electron chi connectivity index (χ4n) is 3.17. The van der Waals surface area contributed by atoms with E-state index in [1.165, 1.54) is 6.92 Å². The van der Waals surface area contributed by atoms with Crippen LogP contribution in [0, 0.1) is 10.1 Å². The summed E-state index contributed by atoms with van der Waals surface area (Å²) in [7, 11) is 0. The Kier molecular flexibility index (Phi) is 4.58. The van der Waals surface area contributed by atoms with Crippen molar-refractivity contribution in [1.82, 2.24) is 9.55 Å². The maximum Gasteiger partial charge on any atom is 0.311 e. The molecule has 1 aromatic carbocycles. The highest BCUT2D eigenvalue weighted by molar-refractivity contribution is 9.10. The molecule has 0 N–H and O–H groups in total. The highest BCUT2D eigenvalue weighted by Crippen LogP contribution is 2.41. The molecule has 0 aliphatic carbocycles. The van der Waals surface area contributed by atoms with E-state index in [0.29, 0.717) is 28.8 Å². The summed E-state index contributed by atoms with van der Waals surface area (Å²) in [4.78, 5) is 26.9. The van der Waals surface area contributed by atoms with E-state index in [1.807, 2.05) is 10.6 Å². The minimum atomic E-state index is -0.438. The summed E-state index contributed by atoms with van der Waals surface area (Å²) >= 11 is 3.39. The van der Waals surface area contributed by atoms with Crippen molar-refractivity contribution in [1.29, 1.82) is 0 Å². The molecule has 1 aliphatic rings. The molecule has 8 heteroatoms. The number of esters is 1. The number of imidazole rings is 1. The molecule has 0 bridgehead atoms. The number of hydrogen-bond acceptors (Lipinski definition) is 5. The molecule has 0 spiro atoms. The van der Waals surface area contributed by atoms with Crippen LogP contribution in [0.25, 0.3) is 11.0 Å². The van der Waals surface area contributed by atoms with Crippen LogP contribution in [0.4, 0.5) is 5.69 Å². The van der Waals surface area contributed by atoms with Crippen molar-refractivity contribution in [3.05, 3.63) is 32.0 Å². The summed E-state index contributed by atoms with van der Waals surface area (Å²) in [6.07, 6.45) is 2.94. The molecule has 1 atom stereocenters. The van der Waals surface area contributed by atoms with Gasteiger partial charge in [-0.05, 0) is 40.4 Å². The van der Waals surface area contributed by atoms with Crippen molar-refractivity contribution in [2.75, 3.05) is 0 Å². The molecule has 2 heterocycles. The minimum Gasteiger partial charge on any atom is -0.454 e. The van der Waals surface area contributed by atoms with Crippen molar-refractivity contribution in [3.8, 4) is 0 Å². The van der Waals surface area contributed by atoms with Crippen molar-refractivity contribution in [2.24, 2.45) is 0 Å². The van der Waals surface area contributed by atoms with E-state index in [2.05, 4.69) is 27.8 Å². The number of ether oxygens (including phenoxy) is 1. The van der Waals surface area contributed by atoms with Gasteiger partial charge in [-0.2, -0.15) is 0 Å². The van der Waals surface area contributed by atoms with E-state index in [9.17, 15) is 14.9 Å². The second-order valence-corrected chi connectivity index (χ2v) is 6.73. The first-order chi connectivity index (χ1) is 11.4. The predicted molar refractivity (Wildman–Crippen MR) is 91.8 cm³/mol. The zero-order valence-electron chi connectivity index (χ0n) is 13.5. The van der Waals surface area contributed by atoms with Gasteiger partial charge >= 0.3 is 11.7 Å². The second-order valence-electron chi connectivity index (χ2n) is 5.94. The number of unbranched alkanes of at least 4 members (excludes halogenated alkanes) is 1. The highest BCUT2D eigenvalue weighted by Gasteiger charge is 2.33. The van der Waals surface area contributed by atoms with Crippen molar-refractivity contribution >= 4 is 38.6 Å². The summed E-state index contributed by atoms with van der Waals surface area (Å²) in [6.45, 7) is 4.07. The molecule has 0 saturated carbocycles. The lowest BCUT2D eigenvalue weighted by Gasteiger charge is -2.07. The third kappa shape index (κ3) is 2.79. The number of benzene rings is 1. The Labute approximate surface area is 147 Å². The molecular weight excluding hydrogens is 378 g/mol. The third-order valence-corrected chi connectivity index (χ3v) is 5.14.